The summed E-state index contributed by atoms with van der Waals surface area (Å²) in [6.07, 6.45) is 2.62. The molecule has 27 heavy (non-hydrogen) atoms. The van der Waals surface area contributed by atoms with Crippen molar-refractivity contribution >= 4 is 5.91 Å². The predicted octanol–water partition coefficient (Wildman–Crippen LogP) is 1.28. The first-order chi connectivity index (χ1) is 13.1. The van der Waals surface area contributed by atoms with Gasteiger partial charge in [0.05, 0.1) is 19.1 Å². The number of hydrogen-bond donors (Lipinski definition) is 1. The summed E-state index contributed by atoms with van der Waals surface area (Å²) in [6, 6.07) is 8.50. The zero-order valence-corrected chi connectivity index (χ0v) is 14.4. The van der Waals surface area contributed by atoms with E-state index in [9.17, 15) is 14.0 Å². The van der Waals surface area contributed by atoms with Crippen molar-refractivity contribution in [2.45, 2.75) is 6.54 Å². The van der Waals surface area contributed by atoms with Crippen LogP contribution in [0.1, 0.15) is 10.5 Å². The minimum Gasteiger partial charge on any atom is -0.481 e. The fourth-order valence-corrected chi connectivity index (χ4v) is 2.33. The summed E-state index contributed by atoms with van der Waals surface area (Å²) in [5.74, 6) is -0.476. The number of benzene rings is 1. The molecule has 0 bridgehead atoms. The van der Waals surface area contributed by atoms with E-state index in [2.05, 4.69) is 20.3 Å². The first kappa shape index (κ1) is 18.2. The summed E-state index contributed by atoms with van der Waals surface area (Å²) >= 11 is 0. The molecule has 0 aliphatic carbocycles. The SMILES string of the molecule is COc1cc(C(=O)NCCn2cnc(-c3ccc(F)cc3)cc2=O)ncn1. The third-order valence-electron chi connectivity index (χ3n) is 3.74. The highest BCUT2D eigenvalue weighted by molar-refractivity contribution is 5.92. The molecule has 0 atom stereocenters. The molecule has 8 nitrogen and oxygen atoms in total. The largest absolute Gasteiger partial charge is 0.481 e. The predicted molar refractivity (Wildman–Crippen MR) is 94.8 cm³/mol. The van der Waals surface area contributed by atoms with E-state index in [1.54, 1.807) is 12.1 Å². The fourth-order valence-electron chi connectivity index (χ4n) is 2.33. The van der Waals surface area contributed by atoms with Crippen LogP contribution in [-0.4, -0.2) is 39.1 Å². The van der Waals surface area contributed by atoms with Crippen molar-refractivity contribution in [2.75, 3.05) is 13.7 Å². The van der Waals surface area contributed by atoms with E-state index in [1.165, 1.54) is 48.6 Å². The third kappa shape index (κ3) is 4.51. The monoisotopic (exact) mass is 369 g/mol. The highest BCUT2D eigenvalue weighted by Gasteiger charge is 2.09. The van der Waals surface area contributed by atoms with E-state index in [0.717, 1.165) is 0 Å². The van der Waals surface area contributed by atoms with Crippen LogP contribution < -0.4 is 15.6 Å². The molecule has 138 valence electrons. The van der Waals surface area contributed by atoms with Gasteiger partial charge >= 0.3 is 0 Å². The first-order valence-corrected chi connectivity index (χ1v) is 8.03. The Bertz CT molecular complexity index is 1000. The number of amides is 1. The minimum atomic E-state index is -0.403. The van der Waals surface area contributed by atoms with Gasteiger partial charge in [0, 0.05) is 30.8 Å². The van der Waals surface area contributed by atoms with Crippen molar-refractivity contribution in [1.82, 2.24) is 24.8 Å². The molecule has 2 aromatic heterocycles. The van der Waals surface area contributed by atoms with Crippen molar-refractivity contribution in [3.05, 3.63) is 70.9 Å². The molecule has 0 spiro atoms. The molecule has 0 aliphatic heterocycles. The quantitative estimate of drug-likeness (QED) is 0.703. The van der Waals surface area contributed by atoms with Gasteiger partial charge in [-0.3, -0.25) is 14.2 Å². The van der Waals surface area contributed by atoms with Gasteiger partial charge in [0.25, 0.3) is 11.5 Å². The molecule has 3 aromatic rings. The van der Waals surface area contributed by atoms with Gasteiger partial charge < -0.3 is 10.1 Å². The summed E-state index contributed by atoms with van der Waals surface area (Å²) in [5, 5.41) is 2.66. The Morgan fingerprint density at radius 2 is 1.96 bits per heavy atom. The van der Waals surface area contributed by atoms with E-state index in [4.69, 9.17) is 4.74 Å². The number of nitrogens with one attached hydrogen (secondary N) is 1. The normalized spacial score (nSPS) is 10.4. The van der Waals surface area contributed by atoms with Crippen molar-refractivity contribution in [2.24, 2.45) is 0 Å². The summed E-state index contributed by atoms with van der Waals surface area (Å²) in [5.41, 5.74) is 0.987. The summed E-state index contributed by atoms with van der Waals surface area (Å²) in [7, 11) is 1.44. The number of aromatic nitrogens is 4. The van der Waals surface area contributed by atoms with Crippen LogP contribution in [0.15, 0.2) is 53.8 Å². The van der Waals surface area contributed by atoms with Crippen LogP contribution in [-0.2, 0) is 6.54 Å². The van der Waals surface area contributed by atoms with Crippen LogP contribution in [0.3, 0.4) is 0 Å². The van der Waals surface area contributed by atoms with Gasteiger partial charge in [-0.05, 0) is 24.3 Å². The van der Waals surface area contributed by atoms with Crippen molar-refractivity contribution < 1.29 is 13.9 Å². The Labute approximate surface area is 153 Å². The second-order valence-corrected chi connectivity index (χ2v) is 5.51. The van der Waals surface area contributed by atoms with Crippen LogP contribution >= 0.6 is 0 Å². The van der Waals surface area contributed by atoms with Crippen LogP contribution in [0.4, 0.5) is 4.39 Å². The van der Waals surface area contributed by atoms with Crippen molar-refractivity contribution in [1.29, 1.82) is 0 Å². The van der Waals surface area contributed by atoms with E-state index in [0.29, 0.717) is 11.3 Å². The van der Waals surface area contributed by atoms with Gasteiger partial charge in [-0.15, -0.1) is 0 Å². The van der Waals surface area contributed by atoms with Crippen molar-refractivity contribution in [3.63, 3.8) is 0 Å². The summed E-state index contributed by atoms with van der Waals surface area (Å²) in [4.78, 5) is 36.2. The number of nitrogens with zero attached hydrogens (tertiary/aromatic N) is 4. The molecule has 1 N–H and O–H groups in total. The second kappa shape index (κ2) is 8.17. The number of ether oxygens (including phenoxy) is 1. The zero-order chi connectivity index (χ0) is 19.2. The lowest BCUT2D eigenvalue weighted by Crippen LogP contribution is -2.31. The Morgan fingerprint density at radius 3 is 2.67 bits per heavy atom. The maximum atomic E-state index is 13.0. The molecule has 2 heterocycles. The second-order valence-electron chi connectivity index (χ2n) is 5.51. The van der Waals surface area contributed by atoms with Crippen molar-refractivity contribution in [3.8, 4) is 17.1 Å². The van der Waals surface area contributed by atoms with Crippen LogP contribution in [0, 0.1) is 5.82 Å². The molecule has 9 heteroatoms. The zero-order valence-electron chi connectivity index (χ0n) is 14.4. The summed E-state index contributed by atoms with van der Waals surface area (Å²) in [6.45, 7) is 0.451. The molecule has 0 saturated heterocycles. The molecule has 0 fully saturated rings. The molecule has 0 aliphatic rings. The van der Waals surface area contributed by atoms with Crippen LogP contribution in [0.25, 0.3) is 11.3 Å². The van der Waals surface area contributed by atoms with Gasteiger partial charge in [0.2, 0.25) is 5.88 Å². The van der Waals surface area contributed by atoms with Crippen LogP contribution in [0.2, 0.25) is 0 Å². The lowest BCUT2D eigenvalue weighted by molar-refractivity contribution is 0.0946. The van der Waals surface area contributed by atoms with E-state index in [-0.39, 0.29) is 36.0 Å². The number of halogens is 1. The molecule has 0 saturated carbocycles. The Hall–Kier alpha value is -3.62. The average Bonchev–Trinajstić information content (AvgIpc) is 2.69. The lowest BCUT2D eigenvalue weighted by atomic mass is 10.1. The minimum absolute atomic E-state index is 0.166. The maximum Gasteiger partial charge on any atom is 0.270 e. The molecular formula is C18H16FN5O3. The van der Waals surface area contributed by atoms with Gasteiger partial charge in [-0.25, -0.2) is 19.3 Å². The Balaban J connectivity index is 1.62. The fraction of sp³-hybridized carbons (Fsp3) is 0.167. The lowest BCUT2D eigenvalue weighted by Gasteiger charge is -2.08. The number of carbonyl (C=O) groups is 1. The number of rotatable bonds is 6. The third-order valence-corrected chi connectivity index (χ3v) is 3.74. The Kier molecular flexibility index (Phi) is 5.50. The van der Waals surface area contributed by atoms with Gasteiger partial charge in [-0.2, -0.15) is 0 Å². The summed E-state index contributed by atoms with van der Waals surface area (Å²) < 4.78 is 19.3. The highest BCUT2D eigenvalue weighted by atomic mass is 19.1. The topological polar surface area (TPSA) is 99.0 Å². The van der Waals surface area contributed by atoms with E-state index >= 15 is 0 Å². The van der Waals surface area contributed by atoms with E-state index < -0.39 is 5.91 Å². The highest BCUT2D eigenvalue weighted by Crippen LogP contribution is 2.14. The molecule has 3 rings (SSSR count). The molecule has 0 radical (unpaired) electrons. The smallest absolute Gasteiger partial charge is 0.270 e. The average molecular weight is 369 g/mol. The first-order valence-electron chi connectivity index (χ1n) is 8.03. The molecular weight excluding hydrogens is 353 g/mol. The number of carbonyl (C=O) groups excluding carboxylic acids is 1. The number of hydrogen-bond acceptors (Lipinski definition) is 6. The molecule has 1 aromatic carbocycles. The van der Waals surface area contributed by atoms with Crippen LogP contribution in [0.5, 0.6) is 5.88 Å². The molecule has 0 unspecified atom stereocenters. The van der Waals surface area contributed by atoms with E-state index in [1.807, 2.05) is 0 Å². The number of methoxy groups -OCH3 is 1. The Morgan fingerprint density at radius 1 is 1.19 bits per heavy atom. The maximum absolute atomic E-state index is 13.0. The van der Waals surface area contributed by atoms with Gasteiger partial charge in [-0.1, -0.05) is 0 Å². The molecule has 1 amide bonds. The van der Waals surface area contributed by atoms with Gasteiger partial charge in [0.15, 0.2) is 0 Å². The van der Waals surface area contributed by atoms with Gasteiger partial charge in [0.1, 0.15) is 17.8 Å². The standard InChI is InChI=1S/C18H16FN5O3/c1-27-16-8-15(21-10-22-16)18(26)20-6-7-24-11-23-14(9-17(24)25)12-2-4-13(19)5-3-12/h2-5,8-11H,6-7H2,1H3,(H,20,26).